The highest BCUT2D eigenvalue weighted by Crippen LogP contribution is 2.46. The first-order chi connectivity index (χ1) is 26.0. The number of carbonyl (C=O) groups is 4. The molecule has 0 radical (unpaired) electrons. The third-order valence-corrected chi connectivity index (χ3v) is 14.3. The molecule has 3 aliphatic heterocycles. The Morgan fingerprint density at radius 2 is 1.93 bits per heavy atom. The van der Waals surface area contributed by atoms with Gasteiger partial charge in [-0.25, -0.2) is 18.2 Å². The molecule has 6 aliphatic rings. The van der Waals surface area contributed by atoms with Crippen molar-refractivity contribution in [1.82, 2.24) is 24.8 Å². The molecule has 5 atom stereocenters. The SMILES string of the molecule is C=C[C@@H]1C[C@]1(NC(=O)[C@@H]1C[C@@H]2CN1C(=O)[C@H](C1CCCCC1)Nc1nc(cs1)COCC=Cc1cccc3c1CN(C3)C(=O)O2)C(=O)NS(=O)(=O)C1CC1. The second-order valence-corrected chi connectivity index (χ2v) is 18.2. The van der Waals surface area contributed by atoms with Gasteiger partial charge in [0.1, 0.15) is 23.7 Å². The monoisotopic (exact) mass is 778 g/mol. The minimum atomic E-state index is -3.88. The van der Waals surface area contributed by atoms with Gasteiger partial charge in [-0.05, 0) is 54.7 Å². The summed E-state index contributed by atoms with van der Waals surface area (Å²) in [5.74, 6) is -2.29. The lowest BCUT2D eigenvalue weighted by Crippen LogP contribution is -2.58. The van der Waals surface area contributed by atoms with E-state index < -0.39 is 62.8 Å². The van der Waals surface area contributed by atoms with E-state index in [1.807, 2.05) is 35.7 Å². The van der Waals surface area contributed by atoms with Crippen LogP contribution in [0.5, 0.6) is 0 Å². The summed E-state index contributed by atoms with van der Waals surface area (Å²) in [6.07, 6.45) is 9.86. The molecular formula is C38H46N6O8S2. The number of aromatic nitrogens is 1. The Morgan fingerprint density at radius 1 is 1.11 bits per heavy atom. The van der Waals surface area contributed by atoms with Crippen LogP contribution in [-0.4, -0.2) is 89.1 Å². The smallest absolute Gasteiger partial charge is 0.410 e. The number of fused-ring (bicyclic) bond motifs is 5. The van der Waals surface area contributed by atoms with Gasteiger partial charge in [-0.1, -0.05) is 55.7 Å². The third-order valence-electron chi connectivity index (χ3n) is 11.6. The molecule has 6 bridgehead atoms. The summed E-state index contributed by atoms with van der Waals surface area (Å²) >= 11 is 1.38. The maximum atomic E-state index is 14.8. The zero-order chi connectivity index (χ0) is 37.6. The molecule has 4 fully saturated rings. The van der Waals surface area contributed by atoms with E-state index in [1.54, 1.807) is 4.90 Å². The summed E-state index contributed by atoms with van der Waals surface area (Å²) in [5.41, 5.74) is 2.20. The van der Waals surface area contributed by atoms with Crippen LogP contribution in [0.3, 0.4) is 0 Å². The number of ether oxygens (including phenoxy) is 2. The van der Waals surface area contributed by atoms with Gasteiger partial charge in [0.05, 0.1) is 37.2 Å². The Hall–Kier alpha value is -4.28. The minimum Gasteiger partial charge on any atom is -0.444 e. The fourth-order valence-electron chi connectivity index (χ4n) is 8.35. The number of hydrogen-bond donors (Lipinski definition) is 3. The van der Waals surface area contributed by atoms with Crippen LogP contribution in [0.2, 0.25) is 0 Å². The van der Waals surface area contributed by atoms with E-state index >= 15 is 0 Å². The van der Waals surface area contributed by atoms with Crippen molar-refractivity contribution in [3.63, 3.8) is 0 Å². The van der Waals surface area contributed by atoms with Gasteiger partial charge in [-0.2, -0.15) is 0 Å². The van der Waals surface area contributed by atoms with Crippen LogP contribution >= 0.6 is 11.3 Å². The van der Waals surface area contributed by atoms with Crippen LogP contribution in [0.25, 0.3) is 6.08 Å². The normalized spacial score (nSPS) is 28.9. The van der Waals surface area contributed by atoms with Gasteiger partial charge in [0.25, 0.3) is 5.91 Å². The average molecular weight is 779 g/mol. The first-order valence-electron chi connectivity index (χ1n) is 18.9. The van der Waals surface area contributed by atoms with Crippen molar-refractivity contribution in [2.24, 2.45) is 11.8 Å². The fourth-order valence-corrected chi connectivity index (χ4v) is 10.4. The highest BCUT2D eigenvalue weighted by atomic mass is 32.2. The lowest BCUT2D eigenvalue weighted by molar-refractivity contribution is -0.141. The topological polar surface area (TPSA) is 176 Å². The standard InChI is InChI=1S/C38H46N6O8S2/c1-2-26-17-38(26,35(47)42-54(49,50)29-13-14-29)41-33(45)31-16-28-19-44(31)34(46)32(24-8-4-3-5-9-24)40-36-39-27(22-53-36)21-51-15-7-12-23-10-6-11-25-18-43(20-30(23)25)37(48)52-28/h2,6-7,10-12,22,24,26,28-29,31-32H,1,3-5,8-9,13-21H2,(H,39,40)(H,41,45)(H,42,47)/t26-,28-,31+,32+,38-/m1/s1. The maximum Gasteiger partial charge on any atom is 0.410 e. The molecule has 3 aliphatic carbocycles. The van der Waals surface area contributed by atoms with Gasteiger partial charge in [0.2, 0.25) is 21.8 Å². The Labute approximate surface area is 318 Å². The van der Waals surface area contributed by atoms with E-state index in [-0.39, 0.29) is 37.8 Å². The quantitative estimate of drug-likeness (QED) is 0.351. The second-order valence-electron chi connectivity index (χ2n) is 15.4. The van der Waals surface area contributed by atoms with Crippen LogP contribution < -0.4 is 15.4 Å². The molecule has 4 heterocycles. The van der Waals surface area contributed by atoms with Crippen molar-refractivity contribution in [1.29, 1.82) is 0 Å². The molecule has 16 heteroatoms. The number of rotatable bonds is 7. The molecule has 4 amide bonds. The lowest BCUT2D eigenvalue weighted by atomic mass is 9.83. The van der Waals surface area contributed by atoms with Crippen molar-refractivity contribution in [2.75, 3.05) is 18.5 Å². The second kappa shape index (κ2) is 14.8. The summed E-state index contributed by atoms with van der Waals surface area (Å²) in [4.78, 5) is 64.3. The third kappa shape index (κ3) is 7.39. The van der Waals surface area contributed by atoms with Crippen LogP contribution in [0.1, 0.15) is 80.2 Å². The number of benzene rings is 1. The molecule has 3 N–H and O–H groups in total. The molecule has 1 aromatic heterocycles. The van der Waals surface area contributed by atoms with E-state index in [1.165, 1.54) is 22.3 Å². The summed E-state index contributed by atoms with van der Waals surface area (Å²) in [7, 11) is -3.88. The predicted octanol–water partition coefficient (Wildman–Crippen LogP) is 3.84. The zero-order valence-electron chi connectivity index (χ0n) is 30.0. The molecule has 288 valence electrons. The first kappa shape index (κ1) is 36.7. The summed E-state index contributed by atoms with van der Waals surface area (Å²) in [6.45, 7) is 5.12. The van der Waals surface area contributed by atoms with E-state index in [0.29, 0.717) is 37.7 Å². The number of hydrogen-bond acceptors (Lipinski definition) is 11. The predicted molar refractivity (Wildman–Crippen MR) is 200 cm³/mol. The molecule has 0 spiro atoms. The van der Waals surface area contributed by atoms with Gasteiger partial charge < -0.3 is 25.0 Å². The van der Waals surface area contributed by atoms with Crippen LogP contribution in [0.4, 0.5) is 9.93 Å². The van der Waals surface area contributed by atoms with Crippen molar-refractivity contribution in [2.45, 2.75) is 106 Å². The van der Waals surface area contributed by atoms with Gasteiger partial charge in [0.15, 0.2) is 5.13 Å². The number of thiazole rings is 1. The highest BCUT2D eigenvalue weighted by Gasteiger charge is 2.62. The number of anilines is 1. The summed E-state index contributed by atoms with van der Waals surface area (Å²) in [5, 5.41) is 8.09. The van der Waals surface area contributed by atoms with Crippen LogP contribution in [0, 0.1) is 11.8 Å². The molecule has 1 saturated heterocycles. The molecule has 1 aromatic carbocycles. The Balaban J connectivity index is 1.09. The molecule has 3 saturated carbocycles. The van der Waals surface area contributed by atoms with E-state index in [9.17, 15) is 27.6 Å². The number of nitrogens with zero attached hydrogens (tertiary/aromatic N) is 3. The van der Waals surface area contributed by atoms with Gasteiger partial charge >= 0.3 is 6.09 Å². The highest BCUT2D eigenvalue weighted by molar-refractivity contribution is 7.91. The Bertz CT molecular complexity index is 1970. The lowest BCUT2D eigenvalue weighted by Gasteiger charge is -2.34. The Kier molecular flexibility index (Phi) is 10.0. The van der Waals surface area contributed by atoms with Crippen molar-refractivity contribution < 1.29 is 37.1 Å². The van der Waals surface area contributed by atoms with E-state index in [2.05, 4.69) is 21.9 Å². The van der Waals surface area contributed by atoms with Crippen LogP contribution in [0.15, 0.2) is 42.3 Å². The van der Waals surface area contributed by atoms with E-state index in [4.69, 9.17) is 14.5 Å². The summed E-state index contributed by atoms with van der Waals surface area (Å²) < 4.78 is 39.6. The van der Waals surface area contributed by atoms with Gasteiger partial charge in [0, 0.05) is 24.3 Å². The van der Waals surface area contributed by atoms with Gasteiger partial charge in [-0.15, -0.1) is 17.9 Å². The first-order valence-corrected chi connectivity index (χ1v) is 21.3. The number of carbonyl (C=O) groups excluding carboxylic acids is 4. The minimum absolute atomic E-state index is 0.00500. The Morgan fingerprint density at radius 3 is 2.69 bits per heavy atom. The average Bonchev–Trinajstić information content (AvgIpc) is 3.98. The molecule has 0 unspecified atom stereocenters. The van der Waals surface area contributed by atoms with E-state index in [0.717, 1.165) is 54.5 Å². The number of sulfonamides is 1. The van der Waals surface area contributed by atoms with Crippen molar-refractivity contribution in [3.8, 4) is 0 Å². The molecule has 14 nitrogen and oxygen atoms in total. The van der Waals surface area contributed by atoms with Crippen molar-refractivity contribution in [3.05, 3.63) is 64.7 Å². The fraction of sp³-hybridized carbons (Fsp3) is 0.553. The van der Waals surface area contributed by atoms with Crippen LogP contribution in [-0.2, 0) is 53.6 Å². The summed E-state index contributed by atoms with van der Waals surface area (Å²) in [6, 6.07) is 4.12. The number of amides is 4. The van der Waals surface area contributed by atoms with Crippen molar-refractivity contribution >= 4 is 56.4 Å². The number of nitrogens with one attached hydrogen (secondary N) is 3. The molecule has 2 aromatic rings. The van der Waals surface area contributed by atoms with Gasteiger partial charge in [-0.3, -0.25) is 24.0 Å². The maximum absolute atomic E-state index is 14.8. The largest absolute Gasteiger partial charge is 0.444 e. The molecule has 8 rings (SSSR count). The molecule has 54 heavy (non-hydrogen) atoms. The zero-order valence-corrected chi connectivity index (χ0v) is 31.7. The molecular weight excluding hydrogens is 733 g/mol.